The fraction of sp³-hybridized carbons (Fsp3) is 0.0909. The van der Waals surface area contributed by atoms with E-state index < -0.39 is 11.9 Å². The maximum Gasteiger partial charge on any atom is 0.354 e. The zero-order valence-corrected chi connectivity index (χ0v) is 9.16. The summed E-state index contributed by atoms with van der Waals surface area (Å²) in [6, 6.07) is 4.26. The number of nitrogens with zero attached hydrogens (tertiary/aromatic N) is 2. The SMILES string of the molecule is O=C(NCc1ccno1)c1ccnc(C(=O)O)c1. The Bertz CT molecular complexity index is 565. The summed E-state index contributed by atoms with van der Waals surface area (Å²) in [6.45, 7) is 0.184. The Morgan fingerprint density at radius 3 is 2.83 bits per heavy atom. The first kappa shape index (κ1) is 11.8. The van der Waals surface area contributed by atoms with Crippen LogP contribution in [0, 0.1) is 0 Å². The summed E-state index contributed by atoms with van der Waals surface area (Å²) in [4.78, 5) is 26.0. The van der Waals surface area contributed by atoms with Crippen molar-refractivity contribution in [1.29, 1.82) is 0 Å². The number of hydrogen-bond acceptors (Lipinski definition) is 5. The molecule has 7 heteroatoms. The minimum Gasteiger partial charge on any atom is -0.477 e. The van der Waals surface area contributed by atoms with Gasteiger partial charge in [0.25, 0.3) is 5.91 Å². The molecule has 0 aliphatic carbocycles. The zero-order valence-electron chi connectivity index (χ0n) is 9.16. The molecule has 92 valence electrons. The molecule has 0 aromatic carbocycles. The van der Waals surface area contributed by atoms with E-state index in [9.17, 15) is 9.59 Å². The van der Waals surface area contributed by atoms with Crippen molar-refractivity contribution >= 4 is 11.9 Å². The summed E-state index contributed by atoms with van der Waals surface area (Å²) in [6.07, 6.45) is 2.74. The van der Waals surface area contributed by atoms with Crippen LogP contribution in [0.25, 0.3) is 0 Å². The van der Waals surface area contributed by atoms with Gasteiger partial charge >= 0.3 is 5.97 Å². The van der Waals surface area contributed by atoms with Gasteiger partial charge < -0.3 is 14.9 Å². The number of pyridine rings is 1. The molecule has 0 fully saturated rings. The topological polar surface area (TPSA) is 105 Å². The van der Waals surface area contributed by atoms with E-state index in [1.807, 2.05) is 0 Å². The van der Waals surface area contributed by atoms with Crippen LogP contribution in [0.1, 0.15) is 26.6 Å². The maximum absolute atomic E-state index is 11.7. The smallest absolute Gasteiger partial charge is 0.354 e. The van der Waals surface area contributed by atoms with E-state index in [0.29, 0.717) is 5.76 Å². The highest BCUT2D eigenvalue weighted by Crippen LogP contribution is 2.03. The predicted octanol–water partition coefficient (Wildman–Crippen LogP) is 0.698. The fourth-order valence-corrected chi connectivity index (χ4v) is 1.29. The second-order valence-electron chi connectivity index (χ2n) is 3.40. The molecular weight excluding hydrogens is 238 g/mol. The number of carboxylic acid groups (broad SMARTS) is 1. The lowest BCUT2D eigenvalue weighted by atomic mass is 10.2. The van der Waals surface area contributed by atoms with Gasteiger partial charge in [-0.2, -0.15) is 0 Å². The van der Waals surface area contributed by atoms with Gasteiger partial charge in [-0.3, -0.25) is 4.79 Å². The highest BCUT2D eigenvalue weighted by Gasteiger charge is 2.10. The highest BCUT2D eigenvalue weighted by atomic mass is 16.5. The Morgan fingerprint density at radius 1 is 1.33 bits per heavy atom. The number of rotatable bonds is 4. The molecule has 0 saturated carbocycles. The van der Waals surface area contributed by atoms with Crippen LogP contribution >= 0.6 is 0 Å². The number of carboxylic acids is 1. The van der Waals surface area contributed by atoms with Gasteiger partial charge in [-0.15, -0.1) is 0 Å². The number of aromatic nitrogens is 2. The lowest BCUT2D eigenvalue weighted by Crippen LogP contribution is -2.23. The Kier molecular flexibility index (Phi) is 3.33. The molecule has 0 unspecified atom stereocenters. The van der Waals surface area contributed by atoms with Crippen LogP contribution in [0.5, 0.6) is 0 Å². The van der Waals surface area contributed by atoms with Gasteiger partial charge in [0.1, 0.15) is 5.69 Å². The van der Waals surface area contributed by atoms with Crippen LogP contribution < -0.4 is 5.32 Å². The van der Waals surface area contributed by atoms with Crippen molar-refractivity contribution in [1.82, 2.24) is 15.5 Å². The molecule has 0 aliphatic heterocycles. The molecule has 18 heavy (non-hydrogen) atoms. The van der Waals surface area contributed by atoms with Crippen LogP contribution in [0.15, 0.2) is 35.1 Å². The van der Waals surface area contributed by atoms with Crippen molar-refractivity contribution in [2.45, 2.75) is 6.54 Å². The third-order valence-electron chi connectivity index (χ3n) is 2.16. The van der Waals surface area contributed by atoms with Gasteiger partial charge in [0.05, 0.1) is 12.7 Å². The van der Waals surface area contributed by atoms with Gasteiger partial charge in [0, 0.05) is 17.8 Å². The summed E-state index contributed by atoms with van der Waals surface area (Å²) in [5.41, 5.74) is 0.0456. The largest absolute Gasteiger partial charge is 0.477 e. The molecule has 2 aromatic rings. The van der Waals surface area contributed by atoms with E-state index in [-0.39, 0.29) is 17.8 Å². The molecule has 0 bridgehead atoms. The second-order valence-corrected chi connectivity index (χ2v) is 3.40. The summed E-state index contributed by atoms with van der Waals surface area (Å²) >= 11 is 0. The molecule has 0 spiro atoms. The Labute approximate surface area is 101 Å². The van der Waals surface area contributed by atoms with Crippen LogP contribution in [0.4, 0.5) is 0 Å². The first-order valence-corrected chi connectivity index (χ1v) is 5.04. The quantitative estimate of drug-likeness (QED) is 0.823. The number of nitrogens with one attached hydrogen (secondary N) is 1. The van der Waals surface area contributed by atoms with Crippen LogP contribution in [-0.2, 0) is 6.54 Å². The van der Waals surface area contributed by atoms with Gasteiger partial charge in [0.2, 0.25) is 0 Å². The van der Waals surface area contributed by atoms with Gasteiger partial charge in [0.15, 0.2) is 5.76 Å². The Hall–Kier alpha value is -2.70. The van der Waals surface area contributed by atoms with Crippen molar-refractivity contribution in [3.63, 3.8) is 0 Å². The minimum atomic E-state index is -1.18. The molecule has 0 saturated heterocycles. The Balaban J connectivity index is 2.04. The van der Waals surface area contributed by atoms with Gasteiger partial charge in [-0.25, -0.2) is 9.78 Å². The third-order valence-corrected chi connectivity index (χ3v) is 2.16. The van der Waals surface area contributed by atoms with Gasteiger partial charge in [-0.05, 0) is 12.1 Å². The molecule has 1 amide bonds. The fourth-order valence-electron chi connectivity index (χ4n) is 1.29. The molecule has 2 heterocycles. The van der Waals surface area contributed by atoms with Crippen LogP contribution in [0.3, 0.4) is 0 Å². The summed E-state index contributed by atoms with van der Waals surface area (Å²) in [7, 11) is 0. The average Bonchev–Trinajstić information content (AvgIpc) is 2.89. The summed E-state index contributed by atoms with van der Waals surface area (Å²) in [5.74, 6) is -1.08. The highest BCUT2D eigenvalue weighted by molar-refractivity contribution is 5.96. The minimum absolute atomic E-state index is 0.178. The predicted molar refractivity (Wildman–Crippen MR) is 58.9 cm³/mol. The van der Waals surface area contributed by atoms with E-state index in [4.69, 9.17) is 9.63 Å². The molecule has 2 aromatic heterocycles. The summed E-state index contributed by atoms with van der Waals surface area (Å²) < 4.78 is 4.81. The zero-order chi connectivity index (χ0) is 13.0. The maximum atomic E-state index is 11.7. The van der Waals surface area contributed by atoms with Gasteiger partial charge in [-0.1, -0.05) is 5.16 Å². The van der Waals surface area contributed by atoms with Crippen molar-refractivity contribution in [2.24, 2.45) is 0 Å². The number of amides is 1. The molecule has 0 radical (unpaired) electrons. The molecule has 7 nitrogen and oxygen atoms in total. The first-order valence-electron chi connectivity index (χ1n) is 5.04. The second kappa shape index (κ2) is 5.09. The van der Waals surface area contributed by atoms with E-state index in [1.54, 1.807) is 6.07 Å². The first-order chi connectivity index (χ1) is 8.66. The van der Waals surface area contributed by atoms with Crippen molar-refractivity contribution in [3.8, 4) is 0 Å². The molecule has 2 N–H and O–H groups in total. The number of carbonyl (C=O) groups excluding carboxylic acids is 1. The van der Waals surface area contributed by atoms with Crippen LogP contribution in [-0.4, -0.2) is 27.1 Å². The normalized spacial score (nSPS) is 10.0. The molecule has 2 rings (SSSR count). The average molecular weight is 247 g/mol. The monoisotopic (exact) mass is 247 g/mol. The van der Waals surface area contributed by atoms with Crippen molar-refractivity contribution < 1.29 is 19.2 Å². The number of hydrogen-bond donors (Lipinski definition) is 2. The van der Waals surface area contributed by atoms with E-state index in [1.165, 1.54) is 24.5 Å². The van der Waals surface area contributed by atoms with E-state index >= 15 is 0 Å². The number of carbonyl (C=O) groups is 2. The Morgan fingerprint density at radius 2 is 2.17 bits per heavy atom. The third kappa shape index (κ3) is 2.70. The molecular formula is C11H9N3O4. The molecule has 0 atom stereocenters. The summed E-state index contributed by atoms with van der Waals surface area (Å²) in [5, 5.41) is 14.8. The van der Waals surface area contributed by atoms with Crippen molar-refractivity contribution in [3.05, 3.63) is 47.6 Å². The lowest BCUT2D eigenvalue weighted by molar-refractivity contribution is 0.0690. The number of aromatic carboxylic acids is 1. The van der Waals surface area contributed by atoms with E-state index in [2.05, 4.69) is 15.5 Å². The van der Waals surface area contributed by atoms with E-state index in [0.717, 1.165) is 0 Å². The standard InChI is InChI=1S/C11H9N3O4/c15-10(13-6-8-2-4-14-18-8)7-1-3-12-9(5-7)11(16)17/h1-5H,6H2,(H,13,15)(H,16,17). The van der Waals surface area contributed by atoms with Crippen LogP contribution in [0.2, 0.25) is 0 Å². The molecule has 0 aliphatic rings. The lowest BCUT2D eigenvalue weighted by Gasteiger charge is -2.03. The van der Waals surface area contributed by atoms with Crippen molar-refractivity contribution in [2.75, 3.05) is 0 Å².